The molecule has 1 unspecified atom stereocenters. The molecular weight excluding hydrogens is 346 g/mol. The Labute approximate surface area is 158 Å². The standard InChI is InChI=1S/C19H25N5O3/c1-14-12-16(23(2)22-14)17(25)24-9-5-19(6-10-24)13-15(4-11-26-19)27-18-20-7-3-8-21-18/h3,7-8,12,15H,4-6,9-11,13H2,1-2H3. The Kier molecular flexibility index (Phi) is 4.82. The molecule has 2 aromatic heterocycles. The van der Waals surface area contributed by atoms with Crippen LogP contribution in [0.2, 0.25) is 0 Å². The Balaban J connectivity index is 1.37. The highest BCUT2D eigenvalue weighted by atomic mass is 16.5. The quantitative estimate of drug-likeness (QED) is 0.818. The number of hydrogen-bond donors (Lipinski definition) is 0. The van der Waals surface area contributed by atoms with Gasteiger partial charge in [-0.15, -0.1) is 0 Å². The first kappa shape index (κ1) is 17.9. The zero-order valence-electron chi connectivity index (χ0n) is 15.8. The highest BCUT2D eigenvalue weighted by Gasteiger charge is 2.42. The molecule has 8 heteroatoms. The van der Waals surface area contributed by atoms with Crippen LogP contribution >= 0.6 is 0 Å². The van der Waals surface area contributed by atoms with E-state index < -0.39 is 0 Å². The van der Waals surface area contributed by atoms with Gasteiger partial charge in [-0.2, -0.15) is 5.10 Å². The van der Waals surface area contributed by atoms with E-state index in [9.17, 15) is 4.79 Å². The van der Waals surface area contributed by atoms with Crippen LogP contribution in [0.3, 0.4) is 0 Å². The van der Waals surface area contributed by atoms with Crippen molar-refractivity contribution in [1.29, 1.82) is 0 Å². The zero-order chi connectivity index (χ0) is 18.9. The van der Waals surface area contributed by atoms with E-state index in [0.29, 0.717) is 31.4 Å². The number of ether oxygens (including phenoxy) is 2. The average molecular weight is 371 g/mol. The molecule has 4 heterocycles. The molecule has 144 valence electrons. The third-order valence-electron chi connectivity index (χ3n) is 5.44. The first-order valence-corrected chi connectivity index (χ1v) is 9.42. The van der Waals surface area contributed by atoms with Crippen LogP contribution in [0.5, 0.6) is 6.01 Å². The van der Waals surface area contributed by atoms with Crippen LogP contribution in [0.1, 0.15) is 41.9 Å². The maximum Gasteiger partial charge on any atom is 0.316 e. The summed E-state index contributed by atoms with van der Waals surface area (Å²) in [5, 5.41) is 4.28. The topological polar surface area (TPSA) is 82.4 Å². The van der Waals surface area contributed by atoms with Crippen LogP contribution in [-0.4, -0.2) is 62.0 Å². The summed E-state index contributed by atoms with van der Waals surface area (Å²) in [6.07, 6.45) is 6.66. The van der Waals surface area contributed by atoms with Crippen LogP contribution in [-0.2, 0) is 11.8 Å². The predicted octanol–water partition coefficient (Wildman–Crippen LogP) is 1.75. The summed E-state index contributed by atoms with van der Waals surface area (Å²) in [7, 11) is 1.81. The molecule has 4 rings (SSSR count). The first-order chi connectivity index (χ1) is 13.0. The lowest BCUT2D eigenvalue weighted by atomic mass is 9.83. The van der Waals surface area contributed by atoms with Crippen molar-refractivity contribution in [2.45, 2.75) is 44.3 Å². The zero-order valence-corrected chi connectivity index (χ0v) is 15.8. The van der Waals surface area contributed by atoms with Gasteiger partial charge in [0.2, 0.25) is 0 Å². The number of piperidine rings is 1. The minimum absolute atomic E-state index is 0.0363. The molecule has 1 atom stereocenters. The first-order valence-electron chi connectivity index (χ1n) is 9.42. The molecule has 0 saturated carbocycles. The van der Waals surface area contributed by atoms with Crippen molar-refractivity contribution in [3.05, 3.63) is 35.9 Å². The maximum atomic E-state index is 12.8. The number of nitrogens with zero attached hydrogens (tertiary/aromatic N) is 5. The van der Waals surface area contributed by atoms with E-state index in [0.717, 1.165) is 31.4 Å². The van der Waals surface area contributed by atoms with E-state index in [4.69, 9.17) is 9.47 Å². The highest BCUT2D eigenvalue weighted by molar-refractivity contribution is 5.92. The summed E-state index contributed by atoms with van der Waals surface area (Å²) < 4.78 is 13.8. The molecule has 0 bridgehead atoms. The van der Waals surface area contributed by atoms with Gasteiger partial charge in [0.1, 0.15) is 11.8 Å². The van der Waals surface area contributed by atoms with E-state index in [1.165, 1.54) is 0 Å². The lowest BCUT2D eigenvalue weighted by molar-refractivity contribution is -0.136. The Morgan fingerprint density at radius 2 is 2.04 bits per heavy atom. The monoisotopic (exact) mass is 371 g/mol. The average Bonchev–Trinajstić information content (AvgIpc) is 3.01. The lowest BCUT2D eigenvalue weighted by Gasteiger charge is -2.45. The van der Waals surface area contributed by atoms with Gasteiger partial charge in [0.05, 0.1) is 17.9 Å². The number of amides is 1. The largest absolute Gasteiger partial charge is 0.460 e. The Hall–Kier alpha value is -2.48. The highest BCUT2D eigenvalue weighted by Crippen LogP contribution is 2.36. The van der Waals surface area contributed by atoms with Gasteiger partial charge in [0, 0.05) is 45.4 Å². The van der Waals surface area contributed by atoms with Gasteiger partial charge in [0.25, 0.3) is 5.91 Å². The molecule has 1 spiro atoms. The fraction of sp³-hybridized carbons (Fsp3) is 0.579. The third-order valence-corrected chi connectivity index (χ3v) is 5.44. The summed E-state index contributed by atoms with van der Waals surface area (Å²) in [6.45, 7) is 3.91. The molecule has 2 saturated heterocycles. The Morgan fingerprint density at radius 1 is 1.30 bits per heavy atom. The molecule has 2 fully saturated rings. The van der Waals surface area contributed by atoms with Crippen LogP contribution < -0.4 is 4.74 Å². The third kappa shape index (κ3) is 3.80. The number of likely N-dealkylation sites (tertiary alicyclic amines) is 1. The van der Waals surface area contributed by atoms with Crippen LogP contribution in [0.25, 0.3) is 0 Å². The number of hydrogen-bond acceptors (Lipinski definition) is 6. The number of carbonyl (C=O) groups is 1. The van der Waals surface area contributed by atoms with Gasteiger partial charge in [-0.05, 0) is 31.9 Å². The molecule has 2 aliphatic heterocycles. The normalized spacial score (nSPS) is 22.0. The van der Waals surface area contributed by atoms with Crippen molar-refractivity contribution in [3.8, 4) is 6.01 Å². The van der Waals surface area contributed by atoms with Crippen molar-refractivity contribution < 1.29 is 14.3 Å². The van der Waals surface area contributed by atoms with Crippen LogP contribution in [0.4, 0.5) is 0 Å². The number of carbonyl (C=O) groups excluding carboxylic acids is 1. The fourth-order valence-electron chi connectivity index (χ4n) is 4.02. The molecule has 1 amide bonds. The SMILES string of the molecule is Cc1cc(C(=O)N2CCC3(CC2)CC(Oc2ncccn2)CCO3)n(C)n1. The van der Waals surface area contributed by atoms with Gasteiger partial charge < -0.3 is 14.4 Å². The molecule has 2 aromatic rings. The molecule has 0 aromatic carbocycles. The number of rotatable bonds is 3. The van der Waals surface area contributed by atoms with Gasteiger partial charge in [0.15, 0.2) is 0 Å². The van der Waals surface area contributed by atoms with Gasteiger partial charge in [-0.3, -0.25) is 9.48 Å². The van der Waals surface area contributed by atoms with Crippen LogP contribution in [0, 0.1) is 6.92 Å². The molecule has 27 heavy (non-hydrogen) atoms. The fourth-order valence-corrected chi connectivity index (χ4v) is 4.02. The molecule has 0 N–H and O–H groups in total. The molecule has 0 aliphatic carbocycles. The van der Waals surface area contributed by atoms with E-state index >= 15 is 0 Å². The van der Waals surface area contributed by atoms with Crippen molar-refractivity contribution in [2.75, 3.05) is 19.7 Å². The van der Waals surface area contributed by atoms with Gasteiger partial charge in [-0.1, -0.05) is 0 Å². The minimum Gasteiger partial charge on any atom is -0.460 e. The molecular formula is C19H25N5O3. The second kappa shape index (κ2) is 7.26. The van der Waals surface area contributed by atoms with Crippen LogP contribution in [0.15, 0.2) is 24.5 Å². The van der Waals surface area contributed by atoms with Crippen molar-refractivity contribution in [1.82, 2.24) is 24.6 Å². The van der Waals surface area contributed by atoms with Crippen molar-refractivity contribution >= 4 is 5.91 Å². The van der Waals surface area contributed by atoms with E-state index in [2.05, 4.69) is 15.1 Å². The van der Waals surface area contributed by atoms with E-state index in [1.54, 1.807) is 23.1 Å². The number of aryl methyl sites for hydroxylation is 2. The van der Waals surface area contributed by atoms with Crippen molar-refractivity contribution in [3.63, 3.8) is 0 Å². The smallest absolute Gasteiger partial charge is 0.316 e. The summed E-state index contributed by atoms with van der Waals surface area (Å²) in [6, 6.07) is 4.03. The second-order valence-corrected chi connectivity index (χ2v) is 7.38. The minimum atomic E-state index is -0.225. The predicted molar refractivity (Wildman–Crippen MR) is 97.4 cm³/mol. The molecule has 8 nitrogen and oxygen atoms in total. The van der Waals surface area contributed by atoms with E-state index in [1.807, 2.05) is 24.9 Å². The lowest BCUT2D eigenvalue weighted by Crippen LogP contribution is -2.52. The number of aromatic nitrogens is 4. The summed E-state index contributed by atoms with van der Waals surface area (Å²) in [5.74, 6) is 0.0363. The van der Waals surface area contributed by atoms with Gasteiger partial charge >= 0.3 is 6.01 Å². The summed E-state index contributed by atoms with van der Waals surface area (Å²) in [4.78, 5) is 23.0. The van der Waals surface area contributed by atoms with Gasteiger partial charge in [-0.25, -0.2) is 9.97 Å². The summed E-state index contributed by atoms with van der Waals surface area (Å²) >= 11 is 0. The maximum absolute atomic E-state index is 12.8. The second-order valence-electron chi connectivity index (χ2n) is 7.38. The van der Waals surface area contributed by atoms with Crippen molar-refractivity contribution in [2.24, 2.45) is 7.05 Å². The molecule has 2 aliphatic rings. The Bertz CT molecular complexity index is 799. The van der Waals surface area contributed by atoms with E-state index in [-0.39, 0.29) is 17.6 Å². The molecule has 0 radical (unpaired) electrons. The Morgan fingerprint density at radius 3 is 2.70 bits per heavy atom. The summed E-state index contributed by atoms with van der Waals surface area (Å²) in [5.41, 5.74) is 1.26.